The Kier molecular flexibility index (Phi) is 6.37. The number of nitrogens with zero attached hydrogens (tertiary/aromatic N) is 2. The lowest BCUT2D eigenvalue weighted by Gasteiger charge is -2.31. The molecule has 4 rings (SSSR count). The predicted octanol–water partition coefficient (Wildman–Crippen LogP) is 4.16. The van der Waals surface area contributed by atoms with Crippen molar-refractivity contribution in [1.82, 2.24) is 10.3 Å². The highest BCUT2D eigenvalue weighted by Crippen LogP contribution is 2.29. The Hall–Kier alpha value is -3.12. The van der Waals surface area contributed by atoms with Gasteiger partial charge in [-0.05, 0) is 49.1 Å². The molecule has 1 fully saturated rings. The molecule has 1 aliphatic heterocycles. The first-order chi connectivity index (χ1) is 15.0. The molecule has 6 nitrogen and oxygen atoms in total. The maximum absolute atomic E-state index is 12.9. The van der Waals surface area contributed by atoms with E-state index in [0.29, 0.717) is 54.0 Å². The highest BCUT2D eigenvalue weighted by molar-refractivity contribution is 6.35. The minimum Gasteiger partial charge on any atom is -0.481 e. The molecule has 0 bridgehead atoms. The number of anilines is 1. The number of nitrogens with one attached hydrogen (secondary N) is 1. The van der Waals surface area contributed by atoms with Crippen molar-refractivity contribution >= 4 is 40.2 Å². The molecular weight excluding hydrogens is 414 g/mol. The Morgan fingerprint density at radius 2 is 1.81 bits per heavy atom. The van der Waals surface area contributed by atoms with E-state index in [1.807, 2.05) is 48.5 Å². The molecule has 2 aromatic carbocycles. The van der Waals surface area contributed by atoms with E-state index in [4.69, 9.17) is 16.6 Å². The van der Waals surface area contributed by atoms with Crippen LogP contribution in [0, 0.1) is 5.92 Å². The summed E-state index contributed by atoms with van der Waals surface area (Å²) in [6.07, 6.45) is 1.94. The molecule has 2 N–H and O–H groups in total. The predicted molar refractivity (Wildman–Crippen MR) is 122 cm³/mol. The van der Waals surface area contributed by atoms with Gasteiger partial charge in [0.1, 0.15) is 5.82 Å². The van der Waals surface area contributed by atoms with Gasteiger partial charge in [-0.15, -0.1) is 0 Å². The van der Waals surface area contributed by atoms with Gasteiger partial charge < -0.3 is 15.3 Å². The van der Waals surface area contributed by atoms with Crippen LogP contribution < -0.4 is 10.2 Å². The molecule has 0 unspecified atom stereocenters. The summed E-state index contributed by atoms with van der Waals surface area (Å²) in [7, 11) is 0. The Morgan fingerprint density at radius 1 is 1.06 bits per heavy atom. The first kappa shape index (κ1) is 21.1. The van der Waals surface area contributed by atoms with Crippen LogP contribution in [0.1, 0.15) is 28.8 Å². The molecule has 31 heavy (non-hydrogen) atoms. The van der Waals surface area contributed by atoms with Gasteiger partial charge in [0, 0.05) is 25.0 Å². The largest absolute Gasteiger partial charge is 0.481 e. The molecular formula is C24H24ClN3O3. The maximum atomic E-state index is 12.9. The molecule has 0 radical (unpaired) electrons. The molecule has 0 aliphatic carbocycles. The summed E-state index contributed by atoms with van der Waals surface area (Å²) in [5.41, 5.74) is 2.27. The number of carboxylic acids is 1. The summed E-state index contributed by atoms with van der Waals surface area (Å²) in [5, 5.41) is 13.2. The molecule has 0 saturated carbocycles. The number of hydrogen-bond donors (Lipinski definition) is 2. The number of pyridine rings is 1. The molecule has 3 aromatic rings. The van der Waals surface area contributed by atoms with Crippen molar-refractivity contribution in [2.24, 2.45) is 5.92 Å². The summed E-state index contributed by atoms with van der Waals surface area (Å²) in [5.74, 6) is -0.456. The van der Waals surface area contributed by atoms with E-state index in [9.17, 15) is 14.7 Å². The van der Waals surface area contributed by atoms with Crippen LogP contribution in [0.25, 0.3) is 10.9 Å². The molecule has 7 heteroatoms. The number of benzene rings is 2. The summed E-state index contributed by atoms with van der Waals surface area (Å²) in [4.78, 5) is 30.9. The second-order valence-corrected chi connectivity index (χ2v) is 8.16. The Bertz CT molecular complexity index is 1100. The second-order valence-electron chi connectivity index (χ2n) is 7.75. The van der Waals surface area contributed by atoms with Crippen LogP contribution in [0.2, 0.25) is 5.02 Å². The molecule has 0 spiro atoms. The number of aliphatic carboxylic acids is 1. The minimum absolute atomic E-state index is 0.219. The van der Waals surface area contributed by atoms with Crippen LogP contribution in [-0.2, 0) is 11.2 Å². The van der Waals surface area contributed by atoms with Gasteiger partial charge in [-0.25, -0.2) is 4.98 Å². The molecule has 1 aliphatic rings. The summed E-state index contributed by atoms with van der Waals surface area (Å²) >= 11 is 6.37. The van der Waals surface area contributed by atoms with E-state index in [2.05, 4.69) is 10.2 Å². The maximum Gasteiger partial charge on any atom is 0.306 e. The van der Waals surface area contributed by atoms with Crippen molar-refractivity contribution in [2.45, 2.75) is 19.3 Å². The van der Waals surface area contributed by atoms with Crippen LogP contribution >= 0.6 is 11.6 Å². The minimum atomic E-state index is -0.733. The Labute approximate surface area is 185 Å². The average molecular weight is 438 g/mol. The summed E-state index contributed by atoms with van der Waals surface area (Å²) in [6.45, 7) is 1.81. The third kappa shape index (κ3) is 4.80. The zero-order chi connectivity index (χ0) is 21.8. The number of hydrogen-bond acceptors (Lipinski definition) is 4. The van der Waals surface area contributed by atoms with Crippen molar-refractivity contribution in [1.29, 1.82) is 0 Å². The SMILES string of the molecule is O=C(NCCc1ccccc1)c1c(Cl)ccc2nc(N3CCC(C(=O)O)CC3)ccc12. The van der Waals surface area contributed by atoms with Gasteiger partial charge in [0.2, 0.25) is 0 Å². The number of rotatable bonds is 6. The third-order valence-electron chi connectivity index (χ3n) is 5.74. The van der Waals surface area contributed by atoms with E-state index in [1.54, 1.807) is 6.07 Å². The van der Waals surface area contributed by atoms with Crippen LogP contribution in [0.4, 0.5) is 5.82 Å². The van der Waals surface area contributed by atoms with Crippen molar-refractivity contribution < 1.29 is 14.7 Å². The summed E-state index contributed by atoms with van der Waals surface area (Å²) < 4.78 is 0. The number of piperidine rings is 1. The average Bonchev–Trinajstić information content (AvgIpc) is 2.79. The van der Waals surface area contributed by atoms with E-state index in [1.165, 1.54) is 0 Å². The van der Waals surface area contributed by atoms with Crippen molar-refractivity contribution in [3.8, 4) is 0 Å². The lowest BCUT2D eigenvalue weighted by atomic mass is 9.97. The topological polar surface area (TPSA) is 82.5 Å². The van der Waals surface area contributed by atoms with Crippen LogP contribution in [-0.4, -0.2) is 41.6 Å². The fraction of sp³-hybridized carbons (Fsp3) is 0.292. The first-order valence-corrected chi connectivity index (χ1v) is 10.8. The Balaban J connectivity index is 1.49. The van der Waals surface area contributed by atoms with Crippen molar-refractivity contribution in [2.75, 3.05) is 24.5 Å². The molecule has 160 valence electrons. The van der Waals surface area contributed by atoms with Crippen molar-refractivity contribution in [3.05, 3.63) is 70.7 Å². The molecule has 1 saturated heterocycles. The van der Waals surface area contributed by atoms with E-state index >= 15 is 0 Å². The lowest BCUT2D eigenvalue weighted by Crippen LogP contribution is -2.36. The van der Waals surface area contributed by atoms with Gasteiger partial charge in [0.15, 0.2) is 0 Å². The molecule has 1 aromatic heterocycles. The fourth-order valence-electron chi connectivity index (χ4n) is 3.98. The van der Waals surface area contributed by atoms with Gasteiger partial charge in [0.05, 0.1) is 22.0 Å². The number of amides is 1. The normalized spacial score (nSPS) is 14.5. The fourth-order valence-corrected chi connectivity index (χ4v) is 4.23. The van der Waals surface area contributed by atoms with Gasteiger partial charge >= 0.3 is 5.97 Å². The monoisotopic (exact) mass is 437 g/mol. The standard InChI is InChI=1S/C24H24ClN3O3/c25-19-7-8-20-18(22(19)23(29)26-13-10-16-4-2-1-3-5-16)6-9-21(27-20)28-14-11-17(12-15-28)24(30)31/h1-9,17H,10-15H2,(H,26,29)(H,30,31). The number of aromatic nitrogens is 1. The number of carboxylic acid groups (broad SMARTS) is 1. The third-order valence-corrected chi connectivity index (χ3v) is 6.06. The lowest BCUT2D eigenvalue weighted by molar-refractivity contribution is -0.142. The van der Waals surface area contributed by atoms with Crippen LogP contribution in [0.3, 0.4) is 0 Å². The highest BCUT2D eigenvalue weighted by Gasteiger charge is 2.25. The molecule has 2 heterocycles. The van der Waals surface area contributed by atoms with Crippen LogP contribution in [0.5, 0.6) is 0 Å². The highest BCUT2D eigenvalue weighted by atomic mass is 35.5. The smallest absolute Gasteiger partial charge is 0.306 e. The van der Waals surface area contributed by atoms with Crippen molar-refractivity contribution in [3.63, 3.8) is 0 Å². The van der Waals surface area contributed by atoms with E-state index in [-0.39, 0.29) is 11.8 Å². The van der Waals surface area contributed by atoms with E-state index in [0.717, 1.165) is 17.8 Å². The van der Waals surface area contributed by atoms with E-state index < -0.39 is 5.97 Å². The number of halogens is 1. The zero-order valence-electron chi connectivity index (χ0n) is 17.1. The van der Waals surface area contributed by atoms with Gasteiger partial charge in [0.25, 0.3) is 5.91 Å². The molecule has 0 atom stereocenters. The van der Waals surface area contributed by atoms with Gasteiger partial charge in [-0.1, -0.05) is 41.9 Å². The van der Waals surface area contributed by atoms with Crippen LogP contribution in [0.15, 0.2) is 54.6 Å². The van der Waals surface area contributed by atoms with Gasteiger partial charge in [-0.3, -0.25) is 9.59 Å². The van der Waals surface area contributed by atoms with Gasteiger partial charge in [-0.2, -0.15) is 0 Å². The molecule has 1 amide bonds. The second kappa shape index (κ2) is 9.35. The summed E-state index contributed by atoms with van der Waals surface area (Å²) in [6, 6.07) is 17.2. The number of carbonyl (C=O) groups excluding carboxylic acids is 1. The zero-order valence-corrected chi connectivity index (χ0v) is 17.8. The Morgan fingerprint density at radius 3 is 2.52 bits per heavy atom. The number of fused-ring (bicyclic) bond motifs is 1. The number of carbonyl (C=O) groups is 2. The quantitative estimate of drug-likeness (QED) is 0.605. The first-order valence-electron chi connectivity index (χ1n) is 10.4.